The molecule has 3 aliphatic rings. The van der Waals surface area contributed by atoms with Crippen molar-refractivity contribution in [2.75, 3.05) is 13.2 Å². The molecule has 0 radical (unpaired) electrons. The first-order chi connectivity index (χ1) is 14.9. The van der Waals surface area contributed by atoms with E-state index < -0.39 is 0 Å². The van der Waals surface area contributed by atoms with Crippen molar-refractivity contribution in [1.82, 2.24) is 0 Å². The second-order valence-corrected chi connectivity index (χ2v) is 10.3. The van der Waals surface area contributed by atoms with E-state index in [4.69, 9.17) is 38.4 Å². The van der Waals surface area contributed by atoms with Crippen molar-refractivity contribution in [3.05, 3.63) is 39.4 Å². The zero-order valence-corrected chi connectivity index (χ0v) is 20.0. The average molecular weight is 466 g/mol. The Hall–Kier alpha value is -1.07. The lowest BCUT2D eigenvalue weighted by Gasteiger charge is -2.48. The summed E-state index contributed by atoms with van der Waals surface area (Å²) < 4.78 is 12.7. The number of ether oxygens (including phenoxy) is 2. The van der Waals surface area contributed by atoms with Crippen LogP contribution in [0, 0.1) is 17.8 Å². The van der Waals surface area contributed by atoms with Gasteiger partial charge in [0.05, 0.1) is 34.1 Å². The summed E-state index contributed by atoms with van der Waals surface area (Å²) in [4.78, 5) is 13.1. The van der Waals surface area contributed by atoms with Crippen molar-refractivity contribution in [1.29, 1.82) is 0 Å². The van der Waals surface area contributed by atoms with Gasteiger partial charge in [0.15, 0.2) is 5.78 Å². The first-order valence-electron chi connectivity index (χ1n) is 11.6. The maximum atomic E-state index is 13.1. The Bertz CT molecular complexity index is 838. The number of Topliss-reactive ketones (excluding diaryl/α,β-unsaturated/α-hetero) is 1. The second-order valence-electron chi connectivity index (χ2n) is 9.45. The Morgan fingerprint density at radius 2 is 1.97 bits per heavy atom. The first kappa shape index (κ1) is 23.1. The highest BCUT2D eigenvalue weighted by molar-refractivity contribution is 6.37. The van der Waals surface area contributed by atoms with Gasteiger partial charge in [-0.05, 0) is 62.5 Å². The van der Waals surface area contributed by atoms with Crippen LogP contribution < -0.4 is 5.73 Å². The SMILES string of the molecule is CCC1CC(OCC(C(=O)C2CC2)=C(N)c2c(Cl)cccc2Cl)CC(C)C12CCCO2. The number of carbonyl (C=O) groups is 1. The molecule has 4 atom stereocenters. The number of benzene rings is 1. The van der Waals surface area contributed by atoms with Crippen LogP contribution in [0.2, 0.25) is 10.0 Å². The van der Waals surface area contributed by atoms with E-state index >= 15 is 0 Å². The Morgan fingerprint density at radius 1 is 1.26 bits per heavy atom. The summed E-state index contributed by atoms with van der Waals surface area (Å²) in [5, 5.41) is 0.896. The van der Waals surface area contributed by atoms with Gasteiger partial charge in [0.25, 0.3) is 0 Å². The summed E-state index contributed by atoms with van der Waals surface area (Å²) in [6, 6.07) is 5.26. The molecule has 4 rings (SSSR count). The molecule has 1 heterocycles. The van der Waals surface area contributed by atoms with Crippen LogP contribution in [-0.2, 0) is 14.3 Å². The summed E-state index contributed by atoms with van der Waals surface area (Å²) in [5.74, 6) is 1.02. The molecule has 0 amide bonds. The van der Waals surface area contributed by atoms with Crippen molar-refractivity contribution < 1.29 is 14.3 Å². The smallest absolute Gasteiger partial charge is 0.166 e. The molecule has 1 saturated heterocycles. The van der Waals surface area contributed by atoms with Gasteiger partial charge in [0, 0.05) is 23.7 Å². The van der Waals surface area contributed by atoms with Crippen molar-refractivity contribution >= 4 is 34.7 Å². The lowest BCUT2D eigenvalue weighted by atomic mass is 9.66. The highest BCUT2D eigenvalue weighted by Crippen LogP contribution is 2.49. The summed E-state index contributed by atoms with van der Waals surface area (Å²) in [7, 11) is 0. The quantitative estimate of drug-likeness (QED) is 0.499. The Kier molecular flexibility index (Phi) is 7.02. The summed E-state index contributed by atoms with van der Waals surface area (Å²) in [6.45, 7) is 5.59. The van der Waals surface area contributed by atoms with Gasteiger partial charge in [0.1, 0.15) is 0 Å². The van der Waals surface area contributed by atoms with Crippen molar-refractivity contribution in [2.45, 2.75) is 70.5 Å². The maximum absolute atomic E-state index is 13.1. The van der Waals surface area contributed by atoms with E-state index in [1.54, 1.807) is 18.2 Å². The monoisotopic (exact) mass is 465 g/mol. The molecule has 2 aliphatic carbocycles. The molecular weight excluding hydrogens is 433 g/mol. The summed E-state index contributed by atoms with van der Waals surface area (Å²) in [5.41, 5.74) is 7.87. The fraction of sp³-hybridized carbons (Fsp3) is 0.640. The zero-order chi connectivity index (χ0) is 22.2. The van der Waals surface area contributed by atoms with E-state index in [0.717, 1.165) is 51.6 Å². The van der Waals surface area contributed by atoms with Crippen LogP contribution in [0.5, 0.6) is 0 Å². The van der Waals surface area contributed by atoms with Crippen molar-refractivity contribution in [3.63, 3.8) is 0 Å². The number of carbonyl (C=O) groups excluding carboxylic acids is 1. The predicted octanol–water partition coefficient (Wildman–Crippen LogP) is 6.03. The number of nitrogens with two attached hydrogens (primary N) is 1. The zero-order valence-electron chi connectivity index (χ0n) is 18.5. The number of ketones is 1. The molecule has 0 aromatic heterocycles. The summed E-state index contributed by atoms with van der Waals surface area (Å²) >= 11 is 12.8. The molecule has 4 unspecified atom stereocenters. The molecule has 1 spiro atoms. The van der Waals surface area contributed by atoms with Gasteiger partial charge in [-0.2, -0.15) is 0 Å². The topological polar surface area (TPSA) is 61.5 Å². The van der Waals surface area contributed by atoms with E-state index in [2.05, 4.69) is 13.8 Å². The standard InChI is InChI=1S/C25H33Cl2NO3/c1-3-17-13-18(12-15(2)25(17)10-5-11-31-25)30-14-19(24(29)16-8-9-16)23(28)22-20(26)6-4-7-21(22)27/h4,6-7,15-18H,3,5,8-14,28H2,1-2H3. The van der Waals surface area contributed by atoms with Crippen LogP contribution in [-0.4, -0.2) is 30.7 Å². The van der Waals surface area contributed by atoms with Gasteiger partial charge in [-0.3, -0.25) is 4.79 Å². The number of rotatable bonds is 7. The molecule has 3 fully saturated rings. The maximum Gasteiger partial charge on any atom is 0.166 e. The van der Waals surface area contributed by atoms with E-state index in [-0.39, 0.29) is 30.0 Å². The molecule has 0 bridgehead atoms. The van der Waals surface area contributed by atoms with Crippen molar-refractivity contribution in [3.8, 4) is 0 Å². The Balaban J connectivity index is 1.54. The first-order valence-corrected chi connectivity index (χ1v) is 12.4. The molecule has 1 aromatic rings. The van der Waals surface area contributed by atoms with Crippen LogP contribution >= 0.6 is 23.2 Å². The second kappa shape index (κ2) is 9.43. The van der Waals surface area contributed by atoms with Gasteiger partial charge in [-0.15, -0.1) is 0 Å². The van der Waals surface area contributed by atoms with E-state index in [1.165, 1.54) is 0 Å². The largest absolute Gasteiger partial charge is 0.398 e. The Morgan fingerprint density at radius 3 is 2.55 bits per heavy atom. The Labute approximate surface area is 195 Å². The van der Waals surface area contributed by atoms with Crippen LogP contribution in [0.3, 0.4) is 0 Å². The minimum atomic E-state index is 0.00122. The lowest BCUT2D eigenvalue weighted by molar-refractivity contribution is -0.140. The third-order valence-corrected chi connectivity index (χ3v) is 8.16. The van der Waals surface area contributed by atoms with Crippen LogP contribution in [0.15, 0.2) is 23.8 Å². The minimum absolute atomic E-state index is 0.00122. The molecule has 1 aromatic carbocycles. The predicted molar refractivity (Wildman–Crippen MR) is 125 cm³/mol. The van der Waals surface area contributed by atoms with Crippen molar-refractivity contribution in [2.24, 2.45) is 23.5 Å². The van der Waals surface area contributed by atoms with Gasteiger partial charge in [0.2, 0.25) is 0 Å². The van der Waals surface area contributed by atoms with Gasteiger partial charge < -0.3 is 15.2 Å². The fourth-order valence-corrected chi connectivity index (χ4v) is 6.23. The minimum Gasteiger partial charge on any atom is -0.398 e. The number of hydrogen-bond acceptors (Lipinski definition) is 4. The molecule has 4 nitrogen and oxygen atoms in total. The lowest BCUT2D eigenvalue weighted by Crippen LogP contribution is -2.50. The molecular formula is C25H33Cl2NO3. The summed E-state index contributed by atoms with van der Waals surface area (Å²) in [6.07, 6.45) is 7.16. The third kappa shape index (κ3) is 4.55. The fourth-order valence-electron chi connectivity index (χ4n) is 5.63. The highest BCUT2D eigenvalue weighted by Gasteiger charge is 2.50. The van der Waals surface area contributed by atoms with Gasteiger partial charge in [-0.25, -0.2) is 0 Å². The molecule has 2 N–H and O–H groups in total. The highest BCUT2D eigenvalue weighted by atomic mass is 35.5. The molecule has 31 heavy (non-hydrogen) atoms. The van der Waals surface area contributed by atoms with E-state index in [0.29, 0.717) is 38.7 Å². The van der Waals surface area contributed by atoms with Crippen LogP contribution in [0.1, 0.15) is 64.4 Å². The molecule has 1 aliphatic heterocycles. The van der Waals surface area contributed by atoms with E-state index in [1.807, 2.05) is 0 Å². The van der Waals surface area contributed by atoms with Gasteiger partial charge >= 0.3 is 0 Å². The molecule has 170 valence electrons. The van der Waals surface area contributed by atoms with Gasteiger partial charge in [-0.1, -0.05) is 49.5 Å². The molecule has 2 saturated carbocycles. The van der Waals surface area contributed by atoms with Crippen LogP contribution in [0.25, 0.3) is 5.70 Å². The average Bonchev–Trinajstić information content (AvgIpc) is 3.48. The van der Waals surface area contributed by atoms with E-state index in [9.17, 15) is 4.79 Å². The van der Waals surface area contributed by atoms with Crippen LogP contribution in [0.4, 0.5) is 0 Å². The number of hydrogen-bond donors (Lipinski definition) is 1. The normalized spacial score (nSPS) is 31.7. The molecule has 6 heteroatoms. The number of halogens is 2. The third-order valence-electron chi connectivity index (χ3n) is 7.53.